The lowest BCUT2D eigenvalue weighted by atomic mass is 10.5. The minimum Gasteiger partial charge on any atom is -0.474 e. The van der Waals surface area contributed by atoms with Crippen LogP contribution in [0.4, 0.5) is 0 Å². The minimum absolute atomic E-state index is 0.487. The molecule has 14 heavy (non-hydrogen) atoms. The van der Waals surface area contributed by atoms with Gasteiger partial charge in [-0.1, -0.05) is 11.6 Å². The number of pyridine rings is 1. The first-order valence-corrected chi connectivity index (χ1v) is 5.42. The monoisotopic (exact) mass is 279 g/mol. The fourth-order valence-electron chi connectivity index (χ4n) is 0.850. The van der Waals surface area contributed by atoms with Crippen LogP contribution in [0.15, 0.2) is 16.7 Å². The third-order valence-electron chi connectivity index (χ3n) is 1.44. The topological polar surface area (TPSA) is 31.4 Å². The maximum absolute atomic E-state index is 5.73. The van der Waals surface area contributed by atoms with Gasteiger partial charge in [0.2, 0.25) is 5.88 Å². The van der Waals surface area contributed by atoms with Gasteiger partial charge in [0.05, 0.1) is 16.1 Å². The van der Waals surface area contributed by atoms with E-state index in [0.29, 0.717) is 30.7 Å². The number of ether oxygens (including phenoxy) is 2. The molecular weight excluding hydrogens is 269 g/mol. The van der Waals surface area contributed by atoms with Crippen molar-refractivity contribution in [3.63, 3.8) is 0 Å². The van der Waals surface area contributed by atoms with Crippen LogP contribution in [-0.4, -0.2) is 24.8 Å². The molecule has 1 rings (SSSR count). The zero-order chi connectivity index (χ0) is 10.4. The molecule has 0 atom stereocenters. The summed E-state index contributed by atoms with van der Waals surface area (Å²) in [5.41, 5.74) is 0. The average molecular weight is 281 g/mol. The zero-order valence-corrected chi connectivity index (χ0v) is 10.1. The van der Waals surface area contributed by atoms with E-state index in [4.69, 9.17) is 21.1 Å². The van der Waals surface area contributed by atoms with Gasteiger partial charge in [0.25, 0.3) is 0 Å². The Bertz CT molecular complexity index is 296. The van der Waals surface area contributed by atoms with Gasteiger partial charge in [-0.05, 0) is 28.9 Å². The number of hydrogen-bond acceptors (Lipinski definition) is 3. The Morgan fingerprint density at radius 2 is 2.29 bits per heavy atom. The van der Waals surface area contributed by atoms with E-state index < -0.39 is 0 Å². The first-order chi connectivity index (χ1) is 6.74. The van der Waals surface area contributed by atoms with Gasteiger partial charge >= 0.3 is 0 Å². The molecule has 0 bridgehead atoms. The highest BCUT2D eigenvalue weighted by molar-refractivity contribution is 9.10. The van der Waals surface area contributed by atoms with Crippen LogP contribution < -0.4 is 4.74 Å². The van der Waals surface area contributed by atoms with Crippen LogP contribution in [0.2, 0.25) is 5.02 Å². The normalized spacial score (nSPS) is 10.2. The molecule has 0 radical (unpaired) electrons. The fraction of sp³-hybridized carbons (Fsp3) is 0.444. The summed E-state index contributed by atoms with van der Waals surface area (Å²) >= 11 is 9.03. The Labute approximate surface area is 96.5 Å². The van der Waals surface area contributed by atoms with Crippen molar-refractivity contribution in [3.8, 4) is 5.88 Å². The molecule has 3 nitrogen and oxygen atoms in total. The van der Waals surface area contributed by atoms with Crippen molar-refractivity contribution in [1.82, 2.24) is 4.98 Å². The molecule has 0 aliphatic carbocycles. The number of hydrogen-bond donors (Lipinski definition) is 0. The van der Waals surface area contributed by atoms with Crippen molar-refractivity contribution in [3.05, 3.63) is 21.8 Å². The van der Waals surface area contributed by atoms with Crippen LogP contribution in [0.1, 0.15) is 6.92 Å². The smallest absolute Gasteiger partial charge is 0.228 e. The van der Waals surface area contributed by atoms with Gasteiger partial charge in [0, 0.05) is 12.8 Å². The molecule has 0 aromatic carbocycles. The summed E-state index contributed by atoms with van der Waals surface area (Å²) in [6.45, 7) is 3.68. The van der Waals surface area contributed by atoms with E-state index in [0.717, 1.165) is 4.47 Å². The highest BCUT2D eigenvalue weighted by Crippen LogP contribution is 2.24. The van der Waals surface area contributed by atoms with Gasteiger partial charge in [0.1, 0.15) is 6.61 Å². The van der Waals surface area contributed by atoms with E-state index >= 15 is 0 Å². The van der Waals surface area contributed by atoms with E-state index in [-0.39, 0.29) is 0 Å². The van der Waals surface area contributed by atoms with Gasteiger partial charge in [0.15, 0.2) is 0 Å². The average Bonchev–Trinajstić information content (AvgIpc) is 2.15. The summed E-state index contributed by atoms with van der Waals surface area (Å²) in [7, 11) is 0. The van der Waals surface area contributed by atoms with Crippen LogP contribution in [0.3, 0.4) is 0 Å². The lowest BCUT2D eigenvalue weighted by molar-refractivity contribution is 0.108. The molecule has 0 spiro atoms. The van der Waals surface area contributed by atoms with Crippen molar-refractivity contribution in [2.45, 2.75) is 6.92 Å². The highest BCUT2D eigenvalue weighted by atomic mass is 79.9. The minimum atomic E-state index is 0.487. The van der Waals surface area contributed by atoms with Gasteiger partial charge < -0.3 is 9.47 Å². The summed E-state index contributed by atoms with van der Waals surface area (Å²) in [4.78, 5) is 4.02. The second-order valence-corrected chi connectivity index (χ2v) is 3.78. The van der Waals surface area contributed by atoms with Crippen LogP contribution in [-0.2, 0) is 4.74 Å². The predicted octanol–water partition coefficient (Wildman–Crippen LogP) is 2.91. The van der Waals surface area contributed by atoms with E-state index in [2.05, 4.69) is 20.9 Å². The molecule has 0 N–H and O–H groups in total. The van der Waals surface area contributed by atoms with E-state index in [1.165, 1.54) is 0 Å². The molecule has 1 aromatic heterocycles. The maximum atomic E-state index is 5.73. The Hall–Kier alpha value is -0.320. The third kappa shape index (κ3) is 3.82. The van der Waals surface area contributed by atoms with Gasteiger partial charge in [-0.25, -0.2) is 4.98 Å². The molecule has 0 aliphatic rings. The Morgan fingerprint density at radius 3 is 2.93 bits per heavy atom. The van der Waals surface area contributed by atoms with Crippen molar-refractivity contribution < 1.29 is 9.47 Å². The quantitative estimate of drug-likeness (QED) is 0.777. The SMILES string of the molecule is CCOCCOc1ncc(Cl)cc1Br. The van der Waals surface area contributed by atoms with Crippen molar-refractivity contribution in [1.29, 1.82) is 0 Å². The summed E-state index contributed by atoms with van der Waals surface area (Å²) in [6, 6.07) is 1.74. The van der Waals surface area contributed by atoms with Crippen molar-refractivity contribution in [2.75, 3.05) is 19.8 Å². The second kappa shape index (κ2) is 6.22. The summed E-state index contributed by atoms with van der Waals surface area (Å²) in [5.74, 6) is 0.536. The number of nitrogens with zero attached hydrogens (tertiary/aromatic N) is 1. The molecule has 0 saturated heterocycles. The van der Waals surface area contributed by atoms with E-state index in [9.17, 15) is 0 Å². The molecule has 1 heterocycles. The first kappa shape index (κ1) is 11.8. The van der Waals surface area contributed by atoms with E-state index in [1.807, 2.05) is 6.92 Å². The number of aromatic nitrogens is 1. The largest absolute Gasteiger partial charge is 0.474 e. The van der Waals surface area contributed by atoms with Crippen molar-refractivity contribution in [2.24, 2.45) is 0 Å². The first-order valence-electron chi connectivity index (χ1n) is 4.25. The highest BCUT2D eigenvalue weighted by Gasteiger charge is 2.02. The molecule has 0 aliphatic heterocycles. The number of halogens is 2. The maximum Gasteiger partial charge on any atom is 0.228 e. The molecule has 0 amide bonds. The van der Waals surface area contributed by atoms with Crippen molar-refractivity contribution >= 4 is 27.5 Å². The second-order valence-electron chi connectivity index (χ2n) is 2.49. The third-order valence-corrected chi connectivity index (χ3v) is 2.22. The Balaban J connectivity index is 2.42. The van der Waals surface area contributed by atoms with Gasteiger partial charge in [-0.3, -0.25) is 0 Å². The van der Waals surface area contributed by atoms with Crippen LogP contribution in [0.25, 0.3) is 0 Å². The summed E-state index contributed by atoms with van der Waals surface area (Å²) in [6.07, 6.45) is 1.54. The fourth-order valence-corrected chi connectivity index (χ4v) is 1.60. The van der Waals surface area contributed by atoms with Crippen LogP contribution in [0, 0.1) is 0 Å². The Morgan fingerprint density at radius 1 is 1.50 bits per heavy atom. The Kier molecular flexibility index (Phi) is 5.22. The van der Waals surface area contributed by atoms with Gasteiger partial charge in [-0.15, -0.1) is 0 Å². The summed E-state index contributed by atoms with van der Waals surface area (Å²) in [5, 5.41) is 0.578. The molecule has 0 saturated carbocycles. The lowest BCUT2D eigenvalue weighted by Crippen LogP contribution is -2.07. The molecule has 0 fully saturated rings. The summed E-state index contributed by atoms with van der Waals surface area (Å²) < 4.78 is 11.2. The van der Waals surface area contributed by atoms with Gasteiger partial charge in [-0.2, -0.15) is 0 Å². The van der Waals surface area contributed by atoms with Crippen LogP contribution in [0.5, 0.6) is 5.88 Å². The molecule has 5 heteroatoms. The molecule has 1 aromatic rings. The predicted molar refractivity (Wildman–Crippen MR) is 58.9 cm³/mol. The molecule has 0 unspecified atom stereocenters. The lowest BCUT2D eigenvalue weighted by Gasteiger charge is -2.06. The number of rotatable bonds is 5. The molecule has 78 valence electrons. The molecular formula is C9H11BrClNO2. The zero-order valence-electron chi connectivity index (χ0n) is 7.80. The van der Waals surface area contributed by atoms with Crippen LogP contribution >= 0.6 is 27.5 Å². The van der Waals surface area contributed by atoms with E-state index in [1.54, 1.807) is 12.3 Å². The standard InChI is InChI=1S/C9H11BrClNO2/c1-2-13-3-4-14-9-8(10)5-7(11)6-12-9/h5-6H,2-4H2,1H3.